The Balaban J connectivity index is 1.49. The summed E-state index contributed by atoms with van der Waals surface area (Å²) >= 11 is 0. The topological polar surface area (TPSA) is 41.4 Å². The van der Waals surface area contributed by atoms with E-state index in [1.54, 1.807) is 24.3 Å². The summed E-state index contributed by atoms with van der Waals surface area (Å²) in [5, 5.41) is 0. The van der Waals surface area contributed by atoms with Crippen molar-refractivity contribution in [2.24, 2.45) is 0 Å². The fraction of sp³-hybridized carbons (Fsp3) is 0.391. The second-order valence-corrected chi connectivity index (χ2v) is 8.12. The Morgan fingerprint density at radius 2 is 2.07 bits per heavy atom. The zero-order valence-corrected chi connectivity index (χ0v) is 17.2. The summed E-state index contributed by atoms with van der Waals surface area (Å²) in [6.45, 7) is 6.64. The van der Waals surface area contributed by atoms with Gasteiger partial charge in [-0.2, -0.15) is 0 Å². The lowest BCUT2D eigenvalue weighted by molar-refractivity contribution is 0.0727. The molecule has 1 fully saturated rings. The summed E-state index contributed by atoms with van der Waals surface area (Å²) in [6.07, 6.45) is 2.68. The molecule has 1 aliphatic rings. The maximum absolute atomic E-state index is 14.8. The van der Waals surface area contributed by atoms with Crippen molar-refractivity contribution in [3.63, 3.8) is 0 Å². The van der Waals surface area contributed by atoms with Crippen LogP contribution in [-0.4, -0.2) is 57.5 Å². The van der Waals surface area contributed by atoms with E-state index in [1.165, 1.54) is 6.07 Å². The van der Waals surface area contributed by atoms with E-state index in [1.807, 2.05) is 34.9 Å². The number of amides is 1. The van der Waals surface area contributed by atoms with Gasteiger partial charge in [0, 0.05) is 38.8 Å². The van der Waals surface area contributed by atoms with Crippen molar-refractivity contribution in [3.05, 3.63) is 65.7 Å². The van der Waals surface area contributed by atoms with Crippen LogP contribution in [0.5, 0.6) is 0 Å². The molecule has 0 spiro atoms. The number of likely N-dealkylation sites (N-methyl/N-ethyl adjacent to an activating group) is 1. The van der Waals surface area contributed by atoms with Gasteiger partial charge in [0.2, 0.25) is 0 Å². The molecule has 152 valence electrons. The lowest BCUT2D eigenvalue weighted by Crippen LogP contribution is -2.40. The molecule has 3 aromatic rings. The first-order valence-electron chi connectivity index (χ1n) is 10.1. The van der Waals surface area contributed by atoms with Gasteiger partial charge < -0.3 is 9.47 Å². The molecule has 0 saturated carbocycles. The van der Waals surface area contributed by atoms with Gasteiger partial charge in [0.25, 0.3) is 5.91 Å². The van der Waals surface area contributed by atoms with Gasteiger partial charge in [-0.15, -0.1) is 0 Å². The Kier molecular flexibility index (Phi) is 5.37. The Bertz CT molecular complexity index is 1030. The van der Waals surface area contributed by atoms with Crippen LogP contribution in [0.3, 0.4) is 0 Å². The van der Waals surface area contributed by atoms with Crippen LogP contribution in [0, 0.1) is 5.82 Å². The fourth-order valence-corrected chi connectivity index (χ4v) is 4.07. The van der Waals surface area contributed by atoms with Gasteiger partial charge in [-0.05, 0) is 50.1 Å². The van der Waals surface area contributed by atoms with Gasteiger partial charge in [-0.3, -0.25) is 9.69 Å². The number of hydrogen-bond acceptors (Lipinski definition) is 3. The molecule has 1 amide bonds. The van der Waals surface area contributed by atoms with Crippen LogP contribution in [0.1, 0.15) is 36.2 Å². The van der Waals surface area contributed by atoms with Crippen LogP contribution >= 0.6 is 0 Å². The molecule has 2 aromatic carbocycles. The molecule has 0 aliphatic carbocycles. The van der Waals surface area contributed by atoms with Crippen molar-refractivity contribution in [1.29, 1.82) is 0 Å². The van der Waals surface area contributed by atoms with Gasteiger partial charge in [0.1, 0.15) is 5.82 Å². The number of imidazole rings is 1. The van der Waals surface area contributed by atoms with E-state index in [0.717, 1.165) is 36.1 Å². The van der Waals surface area contributed by atoms with Gasteiger partial charge >= 0.3 is 0 Å². The number of nitrogens with zero attached hydrogens (tertiary/aromatic N) is 4. The third-order valence-electron chi connectivity index (χ3n) is 5.94. The second kappa shape index (κ2) is 7.95. The molecule has 2 heterocycles. The summed E-state index contributed by atoms with van der Waals surface area (Å²) in [6, 6.07) is 13.3. The molecule has 5 nitrogen and oxygen atoms in total. The van der Waals surface area contributed by atoms with E-state index >= 15 is 0 Å². The van der Waals surface area contributed by atoms with E-state index in [0.29, 0.717) is 12.6 Å². The number of para-hydroxylation sites is 2. The number of fused-ring (bicyclic) bond motifs is 1. The summed E-state index contributed by atoms with van der Waals surface area (Å²) in [5.41, 5.74) is 2.85. The largest absolute Gasteiger partial charge is 0.337 e. The Morgan fingerprint density at radius 1 is 1.28 bits per heavy atom. The minimum Gasteiger partial charge on any atom is -0.337 e. The smallest absolute Gasteiger partial charge is 0.256 e. The monoisotopic (exact) mass is 394 g/mol. The number of aromatic nitrogens is 2. The van der Waals surface area contributed by atoms with Crippen molar-refractivity contribution in [1.82, 2.24) is 19.4 Å². The maximum Gasteiger partial charge on any atom is 0.256 e. The lowest BCUT2D eigenvalue weighted by atomic mass is 10.1. The number of halogens is 1. The second-order valence-electron chi connectivity index (χ2n) is 8.12. The molecule has 4 rings (SSSR count). The summed E-state index contributed by atoms with van der Waals surface area (Å²) < 4.78 is 16.8. The van der Waals surface area contributed by atoms with Crippen molar-refractivity contribution >= 4 is 16.9 Å². The van der Waals surface area contributed by atoms with E-state index < -0.39 is 5.82 Å². The van der Waals surface area contributed by atoms with Crippen LogP contribution < -0.4 is 0 Å². The molecule has 0 bridgehead atoms. The van der Waals surface area contributed by atoms with Gasteiger partial charge in [0.05, 0.1) is 22.9 Å². The Morgan fingerprint density at radius 3 is 2.79 bits per heavy atom. The molecule has 1 saturated heterocycles. The quantitative estimate of drug-likeness (QED) is 0.661. The molecule has 1 aliphatic heterocycles. The molecule has 1 atom stereocenters. The highest BCUT2D eigenvalue weighted by Gasteiger charge is 2.30. The summed E-state index contributed by atoms with van der Waals surface area (Å²) in [5.74, 6) is -0.722. The predicted molar refractivity (Wildman–Crippen MR) is 112 cm³/mol. The van der Waals surface area contributed by atoms with Crippen LogP contribution in [0.15, 0.2) is 48.8 Å². The predicted octanol–water partition coefficient (Wildman–Crippen LogP) is 3.78. The highest BCUT2D eigenvalue weighted by Crippen LogP contribution is 2.21. The minimum absolute atomic E-state index is 0.126. The molecular weight excluding hydrogens is 367 g/mol. The first-order valence-corrected chi connectivity index (χ1v) is 10.1. The van der Waals surface area contributed by atoms with Crippen LogP contribution in [-0.2, 0) is 6.54 Å². The molecule has 29 heavy (non-hydrogen) atoms. The molecular formula is C23H27FN4O. The van der Waals surface area contributed by atoms with E-state index in [2.05, 4.69) is 23.7 Å². The van der Waals surface area contributed by atoms with Crippen molar-refractivity contribution in [2.45, 2.75) is 38.9 Å². The third-order valence-corrected chi connectivity index (χ3v) is 5.94. The van der Waals surface area contributed by atoms with Crippen LogP contribution in [0.4, 0.5) is 4.39 Å². The molecule has 0 unspecified atom stereocenters. The first kappa shape index (κ1) is 19.6. The third kappa shape index (κ3) is 3.90. The zero-order valence-electron chi connectivity index (χ0n) is 17.2. The van der Waals surface area contributed by atoms with E-state index in [-0.39, 0.29) is 17.5 Å². The maximum atomic E-state index is 14.8. The van der Waals surface area contributed by atoms with Gasteiger partial charge in [-0.25, -0.2) is 9.37 Å². The van der Waals surface area contributed by atoms with Crippen LogP contribution in [0.2, 0.25) is 0 Å². The van der Waals surface area contributed by atoms with Gasteiger partial charge in [0.15, 0.2) is 0 Å². The van der Waals surface area contributed by atoms with Crippen molar-refractivity contribution in [3.8, 4) is 0 Å². The summed E-state index contributed by atoms with van der Waals surface area (Å²) in [4.78, 5) is 21.3. The molecule has 1 aromatic heterocycles. The number of carbonyl (C=O) groups excluding carboxylic acids is 1. The molecule has 0 N–H and O–H groups in total. The standard InChI is InChI=1S/C23H27FN4O/c1-16(2)27-11-10-18(14-27)26(3)23(29)19-9-8-17(12-20(19)24)13-28-15-25-21-6-4-5-7-22(21)28/h4-9,12,15-16,18H,10-11,13-14H2,1-3H3/t18-/m1/s1. The SMILES string of the molecule is CC(C)N1CC[C@@H](N(C)C(=O)c2ccc(Cn3cnc4ccccc43)cc2F)C1. The summed E-state index contributed by atoms with van der Waals surface area (Å²) in [7, 11) is 1.78. The van der Waals surface area contributed by atoms with E-state index in [4.69, 9.17) is 0 Å². The Labute approximate surface area is 170 Å². The van der Waals surface area contributed by atoms with Gasteiger partial charge in [-0.1, -0.05) is 18.2 Å². The number of benzene rings is 2. The average Bonchev–Trinajstić information content (AvgIpc) is 3.35. The highest BCUT2D eigenvalue weighted by atomic mass is 19.1. The Hall–Kier alpha value is -2.73. The number of carbonyl (C=O) groups is 1. The highest BCUT2D eigenvalue weighted by molar-refractivity contribution is 5.94. The van der Waals surface area contributed by atoms with E-state index in [9.17, 15) is 9.18 Å². The minimum atomic E-state index is -0.470. The first-order chi connectivity index (χ1) is 13.9. The zero-order chi connectivity index (χ0) is 20.5. The van der Waals surface area contributed by atoms with Crippen LogP contribution in [0.25, 0.3) is 11.0 Å². The molecule has 0 radical (unpaired) electrons. The number of hydrogen-bond donors (Lipinski definition) is 0. The number of rotatable bonds is 5. The fourth-order valence-electron chi connectivity index (χ4n) is 4.07. The number of likely N-dealkylation sites (tertiary alicyclic amines) is 1. The lowest BCUT2D eigenvalue weighted by Gasteiger charge is -2.26. The molecule has 6 heteroatoms. The average molecular weight is 394 g/mol. The normalized spacial score (nSPS) is 17.3. The van der Waals surface area contributed by atoms with Crippen molar-refractivity contribution in [2.75, 3.05) is 20.1 Å². The van der Waals surface area contributed by atoms with Crippen molar-refractivity contribution < 1.29 is 9.18 Å².